The van der Waals surface area contributed by atoms with Crippen molar-refractivity contribution in [1.82, 2.24) is 9.21 Å². The molecule has 2 aromatic carbocycles. The molecule has 0 aromatic heterocycles. The van der Waals surface area contributed by atoms with E-state index in [1.165, 1.54) is 18.3 Å². The second kappa shape index (κ2) is 10.1. The Labute approximate surface area is 202 Å². The van der Waals surface area contributed by atoms with Crippen molar-refractivity contribution in [2.45, 2.75) is 39.7 Å². The van der Waals surface area contributed by atoms with Crippen molar-refractivity contribution in [2.24, 2.45) is 11.8 Å². The summed E-state index contributed by atoms with van der Waals surface area (Å²) in [6.07, 6.45) is 3.34. The van der Waals surface area contributed by atoms with E-state index in [0.717, 1.165) is 41.9 Å². The number of hydrogen-bond donors (Lipinski definition) is 2. The van der Waals surface area contributed by atoms with Crippen molar-refractivity contribution in [3.05, 3.63) is 58.9 Å². The van der Waals surface area contributed by atoms with Crippen molar-refractivity contribution in [1.29, 1.82) is 5.41 Å². The number of nitrogens with zero attached hydrogens (tertiary/aromatic N) is 2. The Balaban J connectivity index is 1.64. The third kappa shape index (κ3) is 5.85. The van der Waals surface area contributed by atoms with Crippen LogP contribution >= 0.6 is 0 Å². The maximum Gasteiger partial charge on any atom is 0.214 e. The lowest BCUT2D eigenvalue weighted by molar-refractivity contribution is 0.105. The fourth-order valence-corrected chi connectivity index (χ4v) is 6.60. The van der Waals surface area contributed by atoms with Crippen LogP contribution in [0.5, 0.6) is 0 Å². The third-order valence-electron chi connectivity index (χ3n) is 6.67. The number of benzene rings is 2. The molecule has 4 rings (SSSR count). The molecule has 184 valence electrons. The minimum atomic E-state index is -3.27. The van der Waals surface area contributed by atoms with Gasteiger partial charge in [0.05, 0.1) is 5.75 Å². The molecule has 0 bridgehead atoms. The Morgan fingerprint density at radius 2 is 1.88 bits per heavy atom. The van der Waals surface area contributed by atoms with E-state index in [1.54, 1.807) is 16.4 Å². The SMILES string of the molecule is Cc1cc(Nc2ccc(F)cc2)c(C=N)cc1[C@H]1CN(S(=O)(=O)CC2CC2)CCN1CC(C)C. The third-order valence-corrected chi connectivity index (χ3v) is 8.68. The zero-order valence-electron chi connectivity index (χ0n) is 20.2. The van der Waals surface area contributed by atoms with Crippen LogP contribution in [0.1, 0.15) is 49.4 Å². The number of hydrogen-bond acceptors (Lipinski definition) is 5. The van der Waals surface area contributed by atoms with Gasteiger partial charge >= 0.3 is 0 Å². The lowest BCUT2D eigenvalue weighted by atomic mass is 9.94. The van der Waals surface area contributed by atoms with Crippen LogP contribution in [0.2, 0.25) is 0 Å². The average Bonchev–Trinajstić information content (AvgIpc) is 3.59. The van der Waals surface area contributed by atoms with Gasteiger partial charge < -0.3 is 10.7 Å². The molecular formula is C26H35FN4O2S. The highest BCUT2D eigenvalue weighted by Gasteiger charge is 2.38. The summed E-state index contributed by atoms with van der Waals surface area (Å²) in [5.41, 5.74) is 4.32. The first-order valence-electron chi connectivity index (χ1n) is 12.1. The number of sulfonamides is 1. The number of aryl methyl sites for hydroxylation is 1. The van der Waals surface area contributed by atoms with Crippen LogP contribution in [0.4, 0.5) is 15.8 Å². The van der Waals surface area contributed by atoms with Gasteiger partial charge in [0.1, 0.15) is 5.82 Å². The smallest absolute Gasteiger partial charge is 0.214 e. The highest BCUT2D eigenvalue weighted by Crippen LogP contribution is 2.35. The summed E-state index contributed by atoms with van der Waals surface area (Å²) in [7, 11) is -3.27. The zero-order valence-corrected chi connectivity index (χ0v) is 21.0. The summed E-state index contributed by atoms with van der Waals surface area (Å²) in [4.78, 5) is 2.39. The van der Waals surface area contributed by atoms with E-state index >= 15 is 0 Å². The fraction of sp³-hybridized carbons (Fsp3) is 0.500. The molecule has 34 heavy (non-hydrogen) atoms. The molecule has 0 unspecified atom stereocenters. The molecule has 0 spiro atoms. The Morgan fingerprint density at radius 3 is 2.50 bits per heavy atom. The highest BCUT2D eigenvalue weighted by molar-refractivity contribution is 7.89. The quantitative estimate of drug-likeness (QED) is 0.493. The molecule has 1 saturated carbocycles. The number of piperazine rings is 1. The summed E-state index contributed by atoms with van der Waals surface area (Å²) >= 11 is 0. The van der Waals surface area contributed by atoms with E-state index in [2.05, 4.69) is 24.1 Å². The first-order valence-corrected chi connectivity index (χ1v) is 13.7. The Hall–Kier alpha value is -2.29. The summed E-state index contributed by atoms with van der Waals surface area (Å²) in [6, 6.07) is 10.1. The largest absolute Gasteiger partial charge is 0.355 e. The maximum absolute atomic E-state index is 13.3. The van der Waals surface area contributed by atoms with E-state index in [9.17, 15) is 12.8 Å². The van der Waals surface area contributed by atoms with Gasteiger partial charge in [0.25, 0.3) is 0 Å². The molecular weight excluding hydrogens is 451 g/mol. The molecule has 1 aliphatic carbocycles. The minimum Gasteiger partial charge on any atom is -0.355 e. The monoisotopic (exact) mass is 486 g/mol. The zero-order chi connectivity index (χ0) is 24.5. The molecule has 1 aliphatic heterocycles. The van der Waals surface area contributed by atoms with Gasteiger partial charge in [-0.1, -0.05) is 13.8 Å². The number of halogens is 1. The molecule has 2 N–H and O–H groups in total. The first-order chi connectivity index (χ1) is 16.2. The van der Waals surface area contributed by atoms with Crippen LogP contribution in [0, 0.1) is 30.0 Å². The molecule has 2 aliphatic rings. The van der Waals surface area contributed by atoms with Gasteiger partial charge in [0, 0.05) is 55.4 Å². The van der Waals surface area contributed by atoms with E-state index in [0.29, 0.717) is 37.0 Å². The molecule has 2 fully saturated rings. The second-order valence-electron chi connectivity index (χ2n) is 10.1. The molecule has 8 heteroatoms. The molecule has 1 heterocycles. The van der Waals surface area contributed by atoms with E-state index < -0.39 is 10.0 Å². The minimum absolute atomic E-state index is 0.0660. The molecule has 1 atom stereocenters. The van der Waals surface area contributed by atoms with Gasteiger partial charge in [-0.15, -0.1) is 0 Å². The van der Waals surface area contributed by atoms with Crippen LogP contribution in [0.15, 0.2) is 36.4 Å². The number of anilines is 2. The molecule has 0 radical (unpaired) electrons. The second-order valence-corrected chi connectivity index (χ2v) is 12.1. The van der Waals surface area contributed by atoms with Gasteiger partial charge in [-0.25, -0.2) is 12.8 Å². The summed E-state index contributed by atoms with van der Waals surface area (Å²) in [6.45, 7) is 8.93. The first kappa shape index (κ1) is 24.8. The number of rotatable bonds is 9. The standard InChI is InChI=1S/C26H35FN4O2S/c1-18(2)15-30-10-11-31(34(32,33)17-20-4-5-20)16-26(30)24-13-21(14-28)25(12-19(24)3)29-23-8-6-22(27)7-9-23/h6-9,12-14,18,20,26,28-29H,4-5,10-11,15-17H2,1-3H3/t26-/m1/s1. The van der Waals surface area contributed by atoms with E-state index in [-0.39, 0.29) is 17.6 Å². The molecule has 6 nitrogen and oxygen atoms in total. The van der Waals surface area contributed by atoms with Gasteiger partial charge in [-0.2, -0.15) is 4.31 Å². The van der Waals surface area contributed by atoms with Crippen LogP contribution in [-0.4, -0.2) is 55.8 Å². The van der Waals surface area contributed by atoms with E-state index in [4.69, 9.17) is 5.41 Å². The summed E-state index contributed by atoms with van der Waals surface area (Å²) in [5.74, 6) is 0.738. The topological polar surface area (TPSA) is 76.5 Å². The highest BCUT2D eigenvalue weighted by atomic mass is 32.2. The van der Waals surface area contributed by atoms with Crippen molar-refractivity contribution < 1.29 is 12.8 Å². The predicted octanol–water partition coefficient (Wildman–Crippen LogP) is 4.93. The molecule has 2 aromatic rings. The molecule has 0 amide bonds. The van der Waals surface area contributed by atoms with Crippen LogP contribution < -0.4 is 5.32 Å². The van der Waals surface area contributed by atoms with E-state index in [1.807, 2.05) is 19.1 Å². The average molecular weight is 487 g/mol. The lowest BCUT2D eigenvalue weighted by Gasteiger charge is -2.42. The van der Waals surface area contributed by atoms with Gasteiger partial charge in [-0.05, 0) is 79.1 Å². The van der Waals surface area contributed by atoms with Crippen LogP contribution in [-0.2, 0) is 10.0 Å². The Morgan fingerprint density at radius 1 is 1.18 bits per heavy atom. The van der Waals surface area contributed by atoms with Crippen LogP contribution in [0.25, 0.3) is 0 Å². The number of nitrogens with one attached hydrogen (secondary N) is 2. The van der Waals surface area contributed by atoms with Crippen molar-refractivity contribution in [2.75, 3.05) is 37.2 Å². The fourth-order valence-electron chi connectivity index (χ4n) is 4.74. The van der Waals surface area contributed by atoms with Crippen molar-refractivity contribution in [3.63, 3.8) is 0 Å². The maximum atomic E-state index is 13.3. The normalized spacial score (nSPS) is 20.0. The van der Waals surface area contributed by atoms with Gasteiger partial charge in [0.2, 0.25) is 10.0 Å². The lowest BCUT2D eigenvalue weighted by Crippen LogP contribution is -2.52. The van der Waals surface area contributed by atoms with Crippen molar-refractivity contribution >= 4 is 27.6 Å². The van der Waals surface area contributed by atoms with Gasteiger partial charge in [0.15, 0.2) is 0 Å². The van der Waals surface area contributed by atoms with Crippen molar-refractivity contribution in [3.8, 4) is 0 Å². The Kier molecular flexibility index (Phi) is 7.40. The van der Waals surface area contributed by atoms with Crippen LogP contribution in [0.3, 0.4) is 0 Å². The summed E-state index contributed by atoms with van der Waals surface area (Å²) < 4.78 is 41.1. The summed E-state index contributed by atoms with van der Waals surface area (Å²) in [5, 5.41) is 11.3. The Bertz CT molecular complexity index is 1130. The molecule has 1 saturated heterocycles. The predicted molar refractivity (Wildman–Crippen MR) is 136 cm³/mol. The van der Waals surface area contributed by atoms with Gasteiger partial charge in [-0.3, -0.25) is 4.90 Å².